The van der Waals surface area contributed by atoms with E-state index < -0.39 is 15.9 Å². The zero-order valence-corrected chi connectivity index (χ0v) is 17.4. The van der Waals surface area contributed by atoms with E-state index >= 15 is 0 Å². The Kier molecular flexibility index (Phi) is 6.01. The summed E-state index contributed by atoms with van der Waals surface area (Å²) in [7, 11) is -3.85. The van der Waals surface area contributed by atoms with E-state index in [2.05, 4.69) is 10.4 Å². The zero-order valence-electron chi connectivity index (χ0n) is 16.6. The molecule has 2 aromatic carbocycles. The molecular weight excluding hydrogens is 421 g/mol. The van der Waals surface area contributed by atoms with Crippen molar-refractivity contribution in [3.63, 3.8) is 0 Å². The van der Waals surface area contributed by atoms with E-state index in [4.69, 9.17) is 5.14 Å². The summed E-state index contributed by atoms with van der Waals surface area (Å²) < 4.78 is 37.4. The third kappa shape index (κ3) is 4.85. The highest BCUT2D eigenvalue weighted by molar-refractivity contribution is 7.89. The molecule has 31 heavy (non-hydrogen) atoms. The van der Waals surface area contributed by atoms with Crippen molar-refractivity contribution >= 4 is 27.7 Å². The first-order chi connectivity index (χ1) is 14.6. The lowest BCUT2D eigenvalue weighted by molar-refractivity contribution is -0.112. The number of nitrogens with zero attached hydrogens (tertiary/aromatic N) is 3. The second kappa shape index (κ2) is 8.51. The Morgan fingerprint density at radius 1 is 1.16 bits per heavy atom. The van der Waals surface area contributed by atoms with E-state index in [0.29, 0.717) is 28.3 Å². The fourth-order valence-electron chi connectivity index (χ4n) is 2.92. The van der Waals surface area contributed by atoms with Gasteiger partial charge in [-0.2, -0.15) is 10.4 Å². The summed E-state index contributed by atoms with van der Waals surface area (Å²) in [6, 6.07) is 12.9. The quantitative estimate of drug-likeness (QED) is 0.466. The lowest BCUT2D eigenvalue weighted by Gasteiger charge is -2.06. The van der Waals surface area contributed by atoms with Crippen LogP contribution >= 0.6 is 0 Å². The molecule has 3 rings (SSSR count). The standard InChI is InChI=1S/C21H18FN5O3S/c1-13-20(14(2)27(26-13)18-7-3-16(22)4-8-18)11-15(12-23)21(28)25-17-5-9-19(10-6-17)31(24,29)30/h3-11H,1-2H3,(H,25,28)(H2,24,29,30). The van der Waals surface area contributed by atoms with Crippen LogP contribution in [0.2, 0.25) is 0 Å². The van der Waals surface area contributed by atoms with Crippen molar-refractivity contribution in [1.29, 1.82) is 5.26 Å². The number of sulfonamides is 1. The van der Waals surface area contributed by atoms with E-state index in [9.17, 15) is 22.9 Å². The molecule has 0 saturated carbocycles. The van der Waals surface area contributed by atoms with Gasteiger partial charge in [0.25, 0.3) is 5.91 Å². The van der Waals surface area contributed by atoms with E-state index in [1.807, 2.05) is 6.07 Å². The van der Waals surface area contributed by atoms with Gasteiger partial charge in [0.1, 0.15) is 17.5 Å². The number of anilines is 1. The second-order valence-corrected chi connectivity index (χ2v) is 8.23. The van der Waals surface area contributed by atoms with Crippen molar-refractivity contribution in [1.82, 2.24) is 9.78 Å². The normalized spacial score (nSPS) is 11.8. The first-order valence-corrected chi connectivity index (χ1v) is 10.5. The number of rotatable bonds is 5. The van der Waals surface area contributed by atoms with Crippen LogP contribution in [0.25, 0.3) is 11.8 Å². The van der Waals surface area contributed by atoms with Crippen LogP contribution < -0.4 is 10.5 Å². The van der Waals surface area contributed by atoms with Crippen LogP contribution in [-0.4, -0.2) is 24.1 Å². The number of nitrogens with one attached hydrogen (secondary N) is 1. The van der Waals surface area contributed by atoms with Crippen molar-refractivity contribution < 1.29 is 17.6 Å². The van der Waals surface area contributed by atoms with Crippen LogP contribution in [0.3, 0.4) is 0 Å². The van der Waals surface area contributed by atoms with Gasteiger partial charge in [0.15, 0.2) is 0 Å². The Balaban J connectivity index is 1.88. The molecule has 1 amide bonds. The molecule has 0 radical (unpaired) electrons. The Labute approximate surface area is 178 Å². The number of benzene rings is 2. The maximum Gasteiger partial charge on any atom is 0.266 e. The van der Waals surface area contributed by atoms with Crippen LogP contribution in [0.5, 0.6) is 0 Å². The van der Waals surface area contributed by atoms with Gasteiger partial charge in [-0.05, 0) is 68.5 Å². The molecule has 0 spiro atoms. The van der Waals surface area contributed by atoms with Gasteiger partial charge in [-0.3, -0.25) is 4.79 Å². The lowest BCUT2D eigenvalue weighted by atomic mass is 10.1. The molecule has 1 heterocycles. The number of aryl methyl sites for hydroxylation is 1. The van der Waals surface area contributed by atoms with Gasteiger partial charge in [-0.25, -0.2) is 22.6 Å². The second-order valence-electron chi connectivity index (χ2n) is 6.67. The number of nitriles is 1. The van der Waals surface area contributed by atoms with Crippen LogP contribution in [0.4, 0.5) is 10.1 Å². The van der Waals surface area contributed by atoms with Gasteiger partial charge < -0.3 is 5.32 Å². The van der Waals surface area contributed by atoms with Gasteiger partial charge in [-0.1, -0.05) is 0 Å². The van der Waals surface area contributed by atoms with Gasteiger partial charge in [0.05, 0.1) is 16.3 Å². The number of amides is 1. The highest BCUT2D eigenvalue weighted by Crippen LogP contribution is 2.21. The predicted molar refractivity (Wildman–Crippen MR) is 113 cm³/mol. The molecule has 3 N–H and O–H groups in total. The minimum Gasteiger partial charge on any atom is -0.321 e. The fourth-order valence-corrected chi connectivity index (χ4v) is 3.43. The van der Waals surface area contributed by atoms with Gasteiger partial charge in [0.2, 0.25) is 10.0 Å². The number of aromatic nitrogens is 2. The first kappa shape index (κ1) is 21.9. The highest BCUT2D eigenvalue weighted by Gasteiger charge is 2.16. The zero-order chi connectivity index (χ0) is 22.8. The molecular formula is C21H18FN5O3S. The summed E-state index contributed by atoms with van der Waals surface area (Å²) in [6.07, 6.45) is 1.42. The molecule has 0 aliphatic heterocycles. The Hall–Kier alpha value is -3.81. The Bertz CT molecular complexity index is 1320. The van der Waals surface area contributed by atoms with E-state index in [1.54, 1.807) is 30.7 Å². The molecule has 0 fully saturated rings. The highest BCUT2D eigenvalue weighted by atomic mass is 32.2. The number of carbonyl (C=O) groups excluding carboxylic acids is 1. The minimum atomic E-state index is -3.85. The summed E-state index contributed by atoms with van der Waals surface area (Å²) in [6.45, 7) is 3.51. The Morgan fingerprint density at radius 2 is 1.77 bits per heavy atom. The summed E-state index contributed by atoms with van der Waals surface area (Å²) in [5.74, 6) is -1.04. The minimum absolute atomic E-state index is 0.0963. The van der Waals surface area contributed by atoms with E-state index in [0.717, 1.165) is 0 Å². The third-order valence-corrected chi connectivity index (χ3v) is 5.44. The van der Waals surface area contributed by atoms with Crippen LogP contribution in [0.1, 0.15) is 17.0 Å². The molecule has 1 aromatic heterocycles. The van der Waals surface area contributed by atoms with Crippen LogP contribution in [-0.2, 0) is 14.8 Å². The van der Waals surface area contributed by atoms with Crippen molar-refractivity contribution in [3.05, 3.63) is 76.9 Å². The summed E-state index contributed by atoms with van der Waals surface area (Å²) in [5, 5.41) is 21.5. The average Bonchev–Trinajstić information content (AvgIpc) is 3.00. The van der Waals surface area contributed by atoms with Gasteiger partial charge >= 0.3 is 0 Å². The molecule has 8 nitrogen and oxygen atoms in total. The fraction of sp³-hybridized carbons (Fsp3) is 0.0952. The smallest absolute Gasteiger partial charge is 0.266 e. The molecule has 0 atom stereocenters. The van der Waals surface area contributed by atoms with Crippen molar-refractivity contribution in [2.24, 2.45) is 5.14 Å². The topological polar surface area (TPSA) is 131 Å². The largest absolute Gasteiger partial charge is 0.321 e. The molecule has 10 heteroatoms. The molecule has 0 aliphatic rings. The number of hydrogen-bond acceptors (Lipinski definition) is 5. The maximum absolute atomic E-state index is 13.2. The maximum atomic E-state index is 13.2. The predicted octanol–water partition coefficient (Wildman–Crippen LogP) is 2.82. The SMILES string of the molecule is Cc1nn(-c2ccc(F)cc2)c(C)c1C=C(C#N)C(=O)Nc1ccc(S(N)(=O)=O)cc1. The summed E-state index contributed by atoms with van der Waals surface area (Å²) >= 11 is 0. The molecule has 3 aromatic rings. The van der Waals surface area contributed by atoms with E-state index in [-0.39, 0.29) is 16.3 Å². The number of nitrogens with two attached hydrogens (primary N) is 1. The summed E-state index contributed by atoms with van der Waals surface area (Å²) in [4.78, 5) is 12.5. The number of primary sulfonamides is 1. The lowest BCUT2D eigenvalue weighted by Crippen LogP contribution is -2.14. The summed E-state index contributed by atoms with van der Waals surface area (Å²) in [5.41, 5.74) is 2.61. The van der Waals surface area contributed by atoms with Gasteiger partial charge in [0, 0.05) is 16.9 Å². The first-order valence-electron chi connectivity index (χ1n) is 8.98. The molecule has 158 valence electrons. The van der Waals surface area contributed by atoms with Crippen molar-refractivity contribution in [2.45, 2.75) is 18.7 Å². The average molecular weight is 439 g/mol. The molecule has 0 saturated heterocycles. The van der Waals surface area contributed by atoms with Gasteiger partial charge in [-0.15, -0.1) is 0 Å². The van der Waals surface area contributed by atoms with Crippen molar-refractivity contribution in [3.8, 4) is 11.8 Å². The number of hydrogen-bond donors (Lipinski definition) is 2. The van der Waals surface area contributed by atoms with Crippen LogP contribution in [0.15, 0.2) is 59.0 Å². The molecule has 0 bridgehead atoms. The number of halogens is 1. The molecule has 0 aliphatic carbocycles. The Morgan fingerprint density at radius 3 is 2.32 bits per heavy atom. The van der Waals surface area contributed by atoms with Crippen molar-refractivity contribution in [2.75, 3.05) is 5.32 Å². The monoisotopic (exact) mass is 439 g/mol. The van der Waals surface area contributed by atoms with Crippen LogP contribution in [0, 0.1) is 31.0 Å². The molecule has 0 unspecified atom stereocenters. The number of carbonyl (C=O) groups is 1. The van der Waals surface area contributed by atoms with E-state index in [1.165, 1.54) is 42.5 Å². The third-order valence-electron chi connectivity index (χ3n) is 4.51.